The minimum atomic E-state index is -0.442. The Labute approximate surface area is 94.8 Å². The Morgan fingerprint density at radius 1 is 1.69 bits per heavy atom. The van der Waals surface area contributed by atoms with Crippen molar-refractivity contribution in [3.05, 3.63) is 11.9 Å². The first-order chi connectivity index (χ1) is 7.37. The molecule has 1 heterocycles. The molecule has 0 aliphatic rings. The highest BCUT2D eigenvalue weighted by atomic mass is 16.5. The first kappa shape index (κ1) is 12.5. The average molecular weight is 226 g/mol. The fourth-order valence-electron chi connectivity index (χ4n) is 1.50. The Hall–Kier alpha value is -1.56. The number of nitrogens with one attached hydrogen (secondary N) is 1. The topological polar surface area (TPSA) is 82.2 Å². The molecule has 0 unspecified atom stereocenters. The van der Waals surface area contributed by atoms with Gasteiger partial charge in [0.15, 0.2) is 0 Å². The highest BCUT2D eigenvalue weighted by Crippen LogP contribution is 2.11. The lowest BCUT2D eigenvalue weighted by Gasteiger charge is -2.25. The highest BCUT2D eigenvalue weighted by Gasteiger charge is 2.24. The van der Waals surface area contributed by atoms with E-state index in [1.54, 1.807) is 14.2 Å². The van der Waals surface area contributed by atoms with Gasteiger partial charge in [0, 0.05) is 14.2 Å². The van der Waals surface area contributed by atoms with Crippen LogP contribution in [0.4, 0.5) is 5.69 Å². The maximum Gasteiger partial charge on any atom is 0.272 e. The number of nitrogens with zero attached hydrogens (tertiary/aromatic N) is 2. The summed E-state index contributed by atoms with van der Waals surface area (Å²) in [5.41, 5.74) is 5.95. The molecule has 0 atom stereocenters. The maximum atomic E-state index is 11.9. The second-order valence-corrected chi connectivity index (χ2v) is 4.34. The van der Waals surface area contributed by atoms with Gasteiger partial charge in [-0.2, -0.15) is 5.10 Å². The quantitative estimate of drug-likeness (QED) is 0.766. The third-order valence-electron chi connectivity index (χ3n) is 2.14. The Kier molecular flexibility index (Phi) is 3.54. The van der Waals surface area contributed by atoms with Crippen molar-refractivity contribution in [2.24, 2.45) is 7.05 Å². The van der Waals surface area contributed by atoms with Crippen LogP contribution in [-0.4, -0.2) is 34.9 Å². The molecule has 1 aromatic heterocycles. The summed E-state index contributed by atoms with van der Waals surface area (Å²) in [6, 6.07) is 0. The van der Waals surface area contributed by atoms with E-state index >= 15 is 0 Å². The van der Waals surface area contributed by atoms with Crippen molar-refractivity contribution in [1.82, 2.24) is 15.1 Å². The van der Waals surface area contributed by atoms with Gasteiger partial charge in [-0.15, -0.1) is 0 Å². The van der Waals surface area contributed by atoms with Crippen LogP contribution in [0.5, 0.6) is 0 Å². The monoisotopic (exact) mass is 226 g/mol. The lowest BCUT2D eigenvalue weighted by atomic mass is 10.1. The molecular formula is C10H18N4O2. The van der Waals surface area contributed by atoms with E-state index in [9.17, 15) is 4.79 Å². The van der Waals surface area contributed by atoms with E-state index in [0.717, 1.165) is 0 Å². The normalized spacial score (nSPS) is 11.5. The Morgan fingerprint density at radius 3 is 2.75 bits per heavy atom. The number of aryl methyl sites for hydroxylation is 1. The summed E-state index contributed by atoms with van der Waals surface area (Å²) < 4.78 is 6.47. The van der Waals surface area contributed by atoms with Crippen molar-refractivity contribution in [3.8, 4) is 0 Å². The molecule has 90 valence electrons. The lowest BCUT2D eigenvalue weighted by molar-refractivity contribution is 0.0812. The summed E-state index contributed by atoms with van der Waals surface area (Å²) in [7, 11) is 3.26. The fourth-order valence-corrected chi connectivity index (χ4v) is 1.50. The van der Waals surface area contributed by atoms with Gasteiger partial charge < -0.3 is 15.8 Å². The number of hydrogen-bond donors (Lipinski definition) is 2. The van der Waals surface area contributed by atoms with Crippen LogP contribution in [0.3, 0.4) is 0 Å². The number of aromatic nitrogens is 2. The number of hydrogen-bond acceptors (Lipinski definition) is 4. The second-order valence-electron chi connectivity index (χ2n) is 4.34. The van der Waals surface area contributed by atoms with Crippen molar-refractivity contribution in [3.63, 3.8) is 0 Å². The van der Waals surface area contributed by atoms with Crippen LogP contribution in [0.2, 0.25) is 0 Å². The van der Waals surface area contributed by atoms with Crippen molar-refractivity contribution in [2.75, 3.05) is 19.5 Å². The second kappa shape index (κ2) is 4.52. The van der Waals surface area contributed by atoms with Crippen LogP contribution in [0.15, 0.2) is 6.20 Å². The molecule has 6 heteroatoms. The summed E-state index contributed by atoms with van der Waals surface area (Å²) in [6.07, 6.45) is 1.46. The molecule has 0 spiro atoms. The summed E-state index contributed by atoms with van der Waals surface area (Å²) in [4.78, 5) is 11.9. The first-order valence-electron chi connectivity index (χ1n) is 4.96. The standard InChI is InChI=1S/C10H18N4O2/c1-10(2,6-16-4)13-9(15)8-7(11)5-12-14(8)3/h5H,6,11H2,1-4H3,(H,13,15). The number of nitrogens with two attached hydrogens (primary N) is 1. The minimum Gasteiger partial charge on any atom is -0.396 e. The highest BCUT2D eigenvalue weighted by molar-refractivity contribution is 5.97. The molecule has 1 aromatic rings. The lowest BCUT2D eigenvalue weighted by Crippen LogP contribution is -2.47. The third-order valence-corrected chi connectivity index (χ3v) is 2.14. The third kappa shape index (κ3) is 2.73. The van der Waals surface area contributed by atoms with Gasteiger partial charge in [-0.1, -0.05) is 0 Å². The van der Waals surface area contributed by atoms with E-state index in [4.69, 9.17) is 10.5 Å². The van der Waals surface area contributed by atoms with Gasteiger partial charge in [0.1, 0.15) is 5.69 Å². The SMILES string of the molecule is COCC(C)(C)NC(=O)c1c(N)cnn1C. The number of amides is 1. The largest absolute Gasteiger partial charge is 0.396 e. The number of methoxy groups -OCH3 is 1. The number of carbonyl (C=O) groups excluding carboxylic acids is 1. The number of rotatable bonds is 4. The van der Waals surface area contributed by atoms with E-state index in [1.807, 2.05) is 13.8 Å². The predicted molar refractivity (Wildman–Crippen MR) is 61.0 cm³/mol. The van der Waals surface area contributed by atoms with Crippen LogP contribution in [-0.2, 0) is 11.8 Å². The van der Waals surface area contributed by atoms with Gasteiger partial charge in [0.05, 0.1) is 24.0 Å². The smallest absolute Gasteiger partial charge is 0.272 e. The number of anilines is 1. The summed E-state index contributed by atoms with van der Waals surface area (Å²) >= 11 is 0. The molecule has 1 amide bonds. The molecule has 0 saturated heterocycles. The van der Waals surface area contributed by atoms with Gasteiger partial charge in [-0.3, -0.25) is 9.48 Å². The van der Waals surface area contributed by atoms with E-state index < -0.39 is 5.54 Å². The summed E-state index contributed by atoms with van der Waals surface area (Å²) in [5, 5.41) is 6.75. The van der Waals surface area contributed by atoms with Crippen molar-refractivity contribution >= 4 is 11.6 Å². The molecule has 0 aliphatic heterocycles. The predicted octanol–water partition coefficient (Wildman–Crippen LogP) is 0.157. The first-order valence-corrected chi connectivity index (χ1v) is 4.96. The zero-order valence-electron chi connectivity index (χ0n) is 10.1. The molecule has 1 rings (SSSR count). The molecule has 6 nitrogen and oxygen atoms in total. The number of nitrogen functional groups attached to an aromatic ring is 1. The zero-order chi connectivity index (χ0) is 12.3. The van der Waals surface area contributed by atoms with E-state index in [2.05, 4.69) is 10.4 Å². The molecule has 16 heavy (non-hydrogen) atoms. The van der Waals surface area contributed by atoms with Crippen molar-refractivity contribution in [1.29, 1.82) is 0 Å². The number of ether oxygens (including phenoxy) is 1. The zero-order valence-corrected chi connectivity index (χ0v) is 10.1. The van der Waals surface area contributed by atoms with Crippen LogP contribution in [0, 0.1) is 0 Å². The Balaban J connectivity index is 2.80. The fraction of sp³-hybridized carbons (Fsp3) is 0.600. The molecule has 0 aromatic carbocycles. The van der Waals surface area contributed by atoms with Crippen LogP contribution in [0.1, 0.15) is 24.3 Å². The minimum absolute atomic E-state index is 0.250. The average Bonchev–Trinajstić information content (AvgIpc) is 2.44. The van der Waals surface area contributed by atoms with Gasteiger partial charge >= 0.3 is 0 Å². The molecule has 0 radical (unpaired) electrons. The van der Waals surface area contributed by atoms with Crippen molar-refractivity contribution < 1.29 is 9.53 Å². The van der Waals surface area contributed by atoms with Crippen molar-refractivity contribution in [2.45, 2.75) is 19.4 Å². The summed E-state index contributed by atoms with van der Waals surface area (Å²) in [5.74, 6) is -0.250. The molecule has 0 fully saturated rings. The molecule has 0 aliphatic carbocycles. The van der Waals surface area contributed by atoms with Gasteiger partial charge in [0.25, 0.3) is 5.91 Å². The Bertz CT molecular complexity index is 365. The molecule has 0 saturated carbocycles. The molecule has 3 N–H and O–H groups in total. The molecular weight excluding hydrogens is 208 g/mol. The van der Waals surface area contributed by atoms with Gasteiger partial charge in [-0.25, -0.2) is 0 Å². The van der Waals surface area contributed by atoms with Crippen LogP contribution >= 0.6 is 0 Å². The van der Waals surface area contributed by atoms with Gasteiger partial charge in [-0.05, 0) is 13.8 Å². The molecule has 0 bridgehead atoms. The maximum absolute atomic E-state index is 11.9. The van der Waals surface area contributed by atoms with E-state index in [1.165, 1.54) is 10.9 Å². The van der Waals surface area contributed by atoms with E-state index in [-0.39, 0.29) is 5.91 Å². The van der Waals surface area contributed by atoms with E-state index in [0.29, 0.717) is 18.0 Å². The van der Waals surface area contributed by atoms with Crippen LogP contribution < -0.4 is 11.1 Å². The van der Waals surface area contributed by atoms with Crippen LogP contribution in [0.25, 0.3) is 0 Å². The van der Waals surface area contributed by atoms with Gasteiger partial charge in [0.2, 0.25) is 0 Å². The summed E-state index contributed by atoms with van der Waals surface area (Å²) in [6.45, 7) is 4.18. The number of carbonyl (C=O) groups is 1. The Morgan fingerprint density at radius 2 is 2.31 bits per heavy atom.